The molecule has 0 saturated heterocycles. The monoisotopic (exact) mass is 242 g/mol. The third-order valence-electron chi connectivity index (χ3n) is 1.52. The number of nitrogens with one attached hydrogen (secondary N) is 1. The molecule has 2 aromatic rings. The normalized spacial score (nSPS) is 10.4. The summed E-state index contributed by atoms with van der Waals surface area (Å²) in [6.07, 6.45) is 2.67. The summed E-state index contributed by atoms with van der Waals surface area (Å²) in [5.41, 5.74) is 0. The highest BCUT2D eigenvalue weighted by Crippen LogP contribution is 2.14. The third kappa shape index (κ3) is 1.76. The summed E-state index contributed by atoms with van der Waals surface area (Å²) in [6, 6.07) is 4.17. The number of aromatic amines is 1. The Morgan fingerprint density at radius 3 is 3.08 bits per heavy atom. The minimum Gasteiger partial charge on any atom is -0.336 e. The zero-order valence-corrected chi connectivity index (χ0v) is 8.65. The highest BCUT2D eigenvalue weighted by atomic mass is 79.9. The van der Waals surface area contributed by atoms with E-state index in [2.05, 4.69) is 43.4 Å². The Morgan fingerprint density at radius 1 is 1.58 bits per heavy atom. The van der Waals surface area contributed by atoms with Crippen molar-refractivity contribution in [2.75, 3.05) is 0 Å². The first-order valence-electron chi connectivity index (χ1n) is 3.56. The highest BCUT2D eigenvalue weighted by molar-refractivity contribution is 9.10. The van der Waals surface area contributed by atoms with Crippen LogP contribution in [0.3, 0.4) is 0 Å². The largest absolute Gasteiger partial charge is 0.336 e. The lowest BCUT2D eigenvalue weighted by molar-refractivity contribution is 1.04. The summed E-state index contributed by atoms with van der Waals surface area (Å²) in [7, 11) is 0. The number of hydrogen-bond donors (Lipinski definition) is 1. The molecule has 2 nitrogen and oxygen atoms in total. The molecule has 0 spiro atoms. The van der Waals surface area contributed by atoms with Gasteiger partial charge in [0.25, 0.3) is 0 Å². The topological polar surface area (TPSA) is 28.7 Å². The van der Waals surface area contributed by atoms with Gasteiger partial charge in [-0.1, -0.05) is 6.07 Å². The first-order chi connectivity index (χ1) is 5.84. The second-order valence-electron chi connectivity index (χ2n) is 2.43. The van der Waals surface area contributed by atoms with Gasteiger partial charge < -0.3 is 4.98 Å². The highest BCUT2D eigenvalue weighted by Gasteiger charge is 1.99. The van der Waals surface area contributed by atoms with Gasteiger partial charge in [-0.2, -0.15) is 0 Å². The SMILES string of the molecule is Brc1cnc(Cc2cccs2)[nH]1. The summed E-state index contributed by atoms with van der Waals surface area (Å²) >= 11 is 5.07. The van der Waals surface area contributed by atoms with Gasteiger partial charge in [-0.25, -0.2) is 4.98 Å². The molecule has 0 unspecified atom stereocenters. The Balaban J connectivity index is 2.14. The second kappa shape index (κ2) is 3.41. The molecule has 62 valence electrons. The summed E-state index contributed by atoms with van der Waals surface area (Å²) < 4.78 is 0.939. The van der Waals surface area contributed by atoms with Crippen LogP contribution in [-0.4, -0.2) is 9.97 Å². The molecule has 0 radical (unpaired) electrons. The molecule has 2 aromatic heterocycles. The molecule has 4 heteroatoms. The van der Waals surface area contributed by atoms with Crippen LogP contribution in [0.2, 0.25) is 0 Å². The van der Waals surface area contributed by atoms with Crippen LogP contribution >= 0.6 is 27.3 Å². The summed E-state index contributed by atoms with van der Waals surface area (Å²) in [5, 5.41) is 2.08. The lowest BCUT2D eigenvalue weighted by Crippen LogP contribution is -1.86. The molecule has 0 aliphatic rings. The van der Waals surface area contributed by atoms with Crippen molar-refractivity contribution in [3.8, 4) is 0 Å². The Hall–Kier alpha value is -0.610. The van der Waals surface area contributed by atoms with Crippen molar-refractivity contribution < 1.29 is 0 Å². The lowest BCUT2D eigenvalue weighted by atomic mass is 10.3. The number of rotatable bonds is 2. The maximum Gasteiger partial charge on any atom is 0.112 e. The number of aromatic nitrogens is 2. The summed E-state index contributed by atoms with van der Waals surface area (Å²) in [4.78, 5) is 8.65. The number of imidazole rings is 1. The molecule has 0 aliphatic heterocycles. The van der Waals surface area contributed by atoms with Crippen LogP contribution < -0.4 is 0 Å². The van der Waals surface area contributed by atoms with Gasteiger partial charge in [-0.15, -0.1) is 11.3 Å². The zero-order chi connectivity index (χ0) is 8.39. The van der Waals surface area contributed by atoms with E-state index in [-0.39, 0.29) is 0 Å². The standard InChI is InChI=1S/C8H7BrN2S/c9-7-5-10-8(11-7)4-6-2-1-3-12-6/h1-3,5H,4H2,(H,10,11). The molecule has 0 aliphatic carbocycles. The number of thiophene rings is 1. The van der Waals surface area contributed by atoms with Crippen molar-refractivity contribution in [2.24, 2.45) is 0 Å². The van der Waals surface area contributed by atoms with Crippen LogP contribution in [0.1, 0.15) is 10.7 Å². The molecule has 0 aromatic carbocycles. The lowest BCUT2D eigenvalue weighted by Gasteiger charge is -1.90. The van der Waals surface area contributed by atoms with E-state index in [1.54, 1.807) is 17.5 Å². The minimum atomic E-state index is 0.892. The van der Waals surface area contributed by atoms with Crippen molar-refractivity contribution in [3.63, 3.8) is 0 Å². The van der Waals surface area contributed by atoms with Gasteiger partial charge >= 0.3 is 0 Å². The maximum atomic E-state index is 4.19. The smallest absolute Gasteiger partial charge is 0.112 e. The molecule has 0 atom stereocenters. The predicted molar refractivity (Wildman–Crippen MR) is 53.4 cm³/mol. The van der Waals surface area contributed by atoms with Crippen molar-refractivity contribution in [1.29, 1.82) is 0 Å². The van der Waals surface area contributed by atoms with E-state index < -0.39 is 0 Å². The van der Waals surface area contributed by atoms with Gasteiger partial charge in [-0.05, 0) is 27.4 Å². The second-order valence-corrected chi connectivity index (χ2v) is 4.32. The van der Waals surface area contributed by atoms with E-state index in [4.69, 9.17) is 0 Å². The molecule has 2 rings (SSSR count). The van der Waals surface area contributed by atoms with Crippen LogP contribution in [0.25, 0.3) is 0 Å². The van der Waals surface area contributed by atoms with Crippen LogP contribution in [0.15, 0.2) is 28.3 Å². The fraction of sp³-hybridized carbons (Fsp3) is 0.125. The summed E-state index contributed by atoms with van der Waals surface area (Å²) in [5.74, 6) is 1.00. The first-order valence-corrected chi connectivity index (χ1v) is 5.23. The molecule has 12 heavy (non-hydrogen) atoms. The number of nitrogens with zero attached hydrogens (tertiary/aromatic N) is 1. The average Bonchev–Trinajstić information content (AvgIpc) is 2.63. The van der Waals surface area contributed by atoms with Gasteiger partial charge in [0.15, 0.2) is 0 Å². The van der Waals surface area contributed by atoms with Gasteiger partial charge in [0.2, 0.25) is 0 Å². The average molecular weight is 243 g/mol. The van der Waals surface area contributed by atoms with Gasteiger partial charge in [0, 0.05) is 11.3 Å². The minimum absolute atomic E-state index is 0.892. The van der Waals surface area contributed by atoms with E-state index in [9.17, 15) is 0 Å². The van der Waals surface area contributed by atoms with Crippen molar-refractivity contribution >= 4 is 27.3 Å². The van der Waals surface area contributed by atoms with E-state index in [1.807, 2.05) is 0 Å². The Labute approximate surface area is 82.8 Å². The maximum absolute atomic E-state index is 4.19. The van der Waals surface area contributed by atoms with Crippen LogP contribution in [-0.2, 0) is 6.42 Å². The van der Waals surface area contributed by atoms with E-state index in [0.29, 0.717) is 0 Å². The molecular formula is C8H7BrN2S. The third-order valence-corrected chi connectivity index (χ3v) is 2.80. The molecule has 1 N–H and O–H groups in total. The van der Waals surface area contributed by atoms with Crippen molar-refractivity contribution in [1.82, 2.24) is 9.97 Å². The fourth-order valence-electron chi connectivity index (χ4n) is 1.01. The first kappa shape index (κ1) is 8.01. The molecule has 0 amide bonds. The predicted octanol–water partition coefficient (Wildman–Crippen LogP) is 2.82. The molecule has 0 saturated carbocycles. The fourth-order valence-corrected chi connectivity index (χ4v) is 2.05. The molecule has 2 heterocycles. The van der Waals surface area contributed by atoms with Crippen molar-refractivity contribution in [2.45, 2.75) is 6.42 Å². The van der Waals surface area contributed by atoms with E-state index >= 15 is 0 Å². The van der Waals surface area contributed by atoms with Gasteiger partial charge in [0.05, 0.1) is 6.20 Å². The molecular weight excluding hydrogens is 236 g/mol. The van der Waals surface area contributed by atoms with Gasteiger partial charge in [0.1, 0.15) is 10.4 Å². The number of hydrogen-bond acceptors (Lipinski definition) is 2. The molecule has 0 fully saturated rings. The summed E-state index contributed by atoms with van der Waals surface area (Å²) in [6.45, 7) is 0. The van der Waals surface area contributed by atoms with E-state index in [1.165, 1.54) is 4.88 Å². The van der Waals surface area contributed by atoms with Crippen molar-refractivity contribution in [3.05, 3.63) is 39.0 Å². The number of H-pyrrole nitrogens is 1. The zero-order valence-electron chi connectivity index (χ0n) is 6.25. The number of halogens is 1. The van der Waals surface area contributed by atoms with Crippen LogP contribution in [0.5, 0.6) is 0 Å². The van der Waals surface area contributed by atoms with Crippen LogP contribution in [0.4, 0.5) is 0 Å². The Bertz CT molecular complexity index is 353. The van der Waals surface area contributed by atoms with E-state index in [0.717, 1.165) is 16.8 Å². The Morgan fingerprint density at radius 2 is 2.50 bits per heavy atom. The van der Waals surface area contributed by atoms with Gasteiger partial charge in [-0.3, -0.25) is 0 Å². The molecule has 0 bridgehead atoms. The quantitative estimate of drug-likeness (QED) is 0.863. The Kier molecular flexibility index (Phi) is 2.28. The van der Waals surface area contributed by atoms with Crippen LogP contribution in [0, 0.1) is 0 Å².